The lowest BCUT2D eigenvalue weighted by Crippen LogP contribution is -2.18. The van der Waals surface area contributed by atoms with Crippen LogP contribution in [0.25, 0.3) is 5.69 Å². The van der Waals surface area contributed by atoms with Gasteiger partial charge in [-0.3, -0.25) is 0 Å². The molecule has 0 saturated heterocycles. The van der Waals surface area contributed by atoms with E-state index in [1.165, 1.54) is 10.7 Å². The highest BCUT2D eigenvalue weighted by molar-refractivity contribution is 9.10. The van der Waals surface area contributed by atoms with E-state index in [1.807, 2.05) is 0 Å². The third-order valence-corrected chi connectivity index (χ3v) is 2.88. The van der Waals surface area contributed by atoms with Crippen LogP contribution < -0.4 is 5.32 Å². The Hall–Kier alpha value is -1.34. The SMILES string of the molecule is CCCNCc1nnnn1-c1ccc(Br)cc1F. The zero-order valence-electron chi connectivity index (χ0n) is 9.90. The second kappa shape index (κ2) is 6.01. The van der Waals surface area contributed by atoms with Gasteiger partial charge >= 0.3 is 0 Å². The number of aromatic nitrogens is 4. The van der Waals surface area contributed by atoms with Gasteiger partial charge in [0.1, 0.15) is 11.5 Å². The van der Waals surface area contributed by atoms with Gasteiger partial charge in [0, 0.05) is 4.47 Å². The molecule has 0 spiro atoms. The van der Waals surface area contributed by atoms with Gasteiger partial charge in [0.2, 0.25) is 0 Å². The van der Waals surface area contributed by atoms with Crippen LogP contribution in [-0.2, 0) is 6.54 Å². The van der Waals surface area contributed by atoms with E-state index in [0.29, 0.717) is 22.5 Å². The van der Waals surface area contributed by atoms with Crippen molar-refractivity contribution < 1.29 is 4.39 Å². The van der Waals surface area contributed by atoms with Crippen LogP contribution in [0.4, 0.5) is 4.39 Å². The Morgan fingerprint density at radius 3 is 3.00 bits per heavy atom. The lowest BCUT2D eigenvalue weighted by molar-refractivity contribution is 0.590. The molecule has 2 aromatic rings. The number of nitrogens with one attached hydrogen (secondary N) is 1. The molecule has 1 heterocycles. The first-order chi connectivity index (χ1) is 8.72. The molecule has 0 aliphatic heterocycles. The van der Waals surface area contributed by atoms with E-state index in [-0.39, 0.29) is 5.82 Å². The second-order valence-electron chi connectivity index (χ2n) is 3.78. The quantitative estimate of drug-likeness (QED) is 0.859. The summed E-state index contributed by atoms with van der Waals surface area (Å²) in [5.41, 5.74) is 0.344. The number of tetrazole rings is 1. The van der Waals surface area contributed by atoms with E-state index >= 15 is 0 Å². The van der Waals surface area contributed by atoms with Crippen molar-refractivity contribution in [2.24, 2.45) is 0 Å². The van der Waals surface area contributed by atoms with Crippen LogP contribution in [0.15, 0.2) is 22.7 Å². The van der Waals surface area contributed by atoms with Gasteiger partial charge in [-0.15, -0.1) is 5.10 Å². The number of benzene rings is 1. The first-order valence-electron chi connectivity index (χ1n) is 5.65. The summed E-state index contributed by atoms with van der Waals surface area (Å²) in [6, 6.07) is 4.78. The van der Waals surface area contributed by atoms with Gasteiger partial charge in [0.15, 0.2) is 5.82 Å². The molecule has 0 bridgehead atoms. The molecule has 96 valence electrons. The van der Waals surface area contributed by atoms with Crippen LogP contribution in [0.2, 0.25) is 0 Å². The largest absolute Gasteiger partial charge is 0.310 e. The zero-order valence-corrected chi connectivity index (χ0v) is 11.5. The normalized spacial score (nSPS) is 10.8. The Morgan fingerprint density at radius 2 is 2.28 bits per heavy atom. The molecule has 1 aromatic heterocycles. The highest BCUT2D eigenvalue weighted by Crippen LogP contribution is 2.18. The minimum Gasteiger partial charge on any atom is -0.310 e. The molecule has 0 unspecified atom stereocenters. The Bertz CT molecular complexity index is 528. The Balaban J connectivity index is 2.25. The average Bonchev–Trinajstić information content (AvgIpc) is 2.78. The van der Waals surface area contributed by atoms with Crippen LogP contribution in [-0.4, -0.2) is 26.8 Å². The number of hydrogen-bond acceptors (Lipinski definition) is 4. The van der Waals surface area contributed by atoms with Crippen molar-refractivity contribution in [2.45, 2.75) is 19.9 Å². The smallest absolute Gasteiger partial charge is 0.170 e. The van der Waals surface area contributed by atoms with Crippen molar-refractivity contribution in [1.29, 1.82) is 0 Å². The number of hydrogen-bond donors (Lipinski definition) is 1. The lowest BCUT2D eigenvalue weighted by atomic mass is 10.3. The minimum absolute atomic E-state index is 0.344. The standard InChI is InChI=1S/C11H13BrFN5/c1-2-5-14-7-11-15-16-17-18(11)10-4-3-8(12)6-9(10)13/h3-4,6,14H,2,5,7H2,1H3. The van der Waals surface area contributed by atoms with Crippen molar-refractivity contribution in [3.63, 3.8) is 0 Å². The molecule has 18 heavy (non-hydrogen) atoms. The molecule has 1 N–H and O–H groups in total. The van der Waals surface area contributed by atoms with Crippen molar-refractivity contribution in [3.05, 3.63) is 34.3 Å². The second-order valence-corrected chi connectivity index (χ2v) is 4.70. The van der Waals surface area contributed by atoms with Crippen LogP contribution in [0.3, 0.4) is 0 Å². The van der Waals surface area contributed by atoms with Gasteiger partial charge in [-0.2, -0.15) is 4.68 Å². The maximum Gasteiger partial charge on any atom is 0.170 e. The predicted octanol–water partition coefficient (Wildman–Crippen LogP) is 2.06. The Morgan fingerprint density at radius 1 is 1.44 bits per heavy atom. The molecule has 0 amide bonds. The first kappa shape index (κ1) is 13.1. The van der Waals surface area contributed by atoms with Crippen LogP contribution in [0.5, 0.6) is 0 Å². The molecule has 0 aliphatic rings. The fourth-order valence-corrected chi connectivity index (χ4v) is 1.87. The lowest BCUT2D eigenvalue weighted by Gasteiger charge is -2.06. The van der Waals surface area contributed by atoms with Crippen molar-refractivity contribution >= 4 is 15.9 Å². The summed E-state index contributed by atoms with van der Waals surface area (Å²) < 4.78 is 15.9. The van der Waals surface area contributed by atoms with E-state index in [2.05, 4.69) is 43.7 Å². The average molecular weight is 314 g/mol. The van der Waals surface area contributed by atoms with E-state index in [9.17, 15) is 4.39 Å². The zero-order chi connectivity index (χ0) is 13.0. The molecule has 5 nitrogen and oxygen atoms in total. The topological polar surface area (TPSA) is 55.6 Å². The summed E-state index contributed by atoms with van der Waals surface area (Å²) in [5.74, 6) is 0.220. The summed E-state index contributed by atoms with van der Waals surface area (Å²) >= 11 is 3.22. The molecule has 0 fully saturated rings. The number of nitrogens with zero attached hydrogens (tertiary/aromatic N) is 4. The van der Waals surface area contributed by atoms with Crippen LogP contribution >= 0.6 is 15.9 Å². The van der Waals surface area contributed by atoms with E-state index in [4.69, 9.17) is 0 Å². The molecular weight excluding hydrogens is 301 g/mol. The fourth-order valence-electron chi connectivity index (χ4n) is 1.53. The predicted molar refractivity (Wildman–Crippen MR) is 68.8 cm³/mol. The van der Waals surface area contributed by atoms with Gasteiger partial charge in [0.05, 0.1) is 6.54 Å². The van der Waals surface area contributed by atoms with Crippen molar-refractivity contribution in [3.8, 4) is 5.69 Å². The molecule has 0 aliphatic carbocycles. The van der Waals surface area contributed by atoms with E-state index < -0.39 is 0 Å². The van der Waals surface area contributed by atoms with E-state index in [0.717, 1.165) is 13.0 Å². The summed E-state index contributed by atoms with van der Waals surface area (Å²) in [7, 11) is 0. The molecule has 0 saturated carbocycles. The molecule has 7 heteroatoms. The number of rotatable bonds is 5. The monoisotopic (exact) mass is 313 g/mol. The first-order valence-corrected chi connectivity index (χ1v) is 6.45. The maximum absolute atomic E-state index is 13.8. The third kappa shape index (κ3) is 2.91. The number of halogens is 2. The molecule has 1 aromatic carbocycles. The van der Waals surface area contributed by atoms with Gasteiger partial charge in [0.25, 0.3) is 0 Å². The van der Waals surface area contributed by atoms with Gasteiger partial charge in [-0.05, 0) is 41.6 Å². The van der Waals surface area contributed by atoms with Gasteiger partial charge < -0.3 is 5.32 Å². The van der Waals surface area contributed by atoms with Crippen LogP contribution in [0, 0.1) is 5.82 Å². The summed E-state index contributed by atoms with van der Waals surface area (Å²) in [4.78, 5) is 0. The summed E-state index contributed by atoms with van der Waals surface area (Å²) in [6.45, 7) is 3.45. The van der Waals surface area contributed by atoms with Crippen LogP contribution in [0.1, 0.15) is 19.2 Å². The molecule has 0 radical (unpaired) electrons. The molecule has 2 rings (SSSR count). The molecular formula is C11H13BrFN5. The van der Waals surface area contributed by atoms with E-state index in [1.54, 1.807) is 12.1 Å². The summed E-state index contributed by atoms with van der Waals surface area (Å²) in [5, 5.41) is 14.5. The maximum atomic E-state index is 13.8. The summed E-state index contributed by atoms with van der Waals surface area (Å²) in [6.07, 6.45) is 1.02. The highest BCUT2D eigenvalue weighted by Gasteiger charge is 2.12. The Kier molecular flexibility index (Phi) is 4.38. The minimum atomic E-state index is -0.367. The Labute approximate surface area is 113 Å². The third-order valence-electron chi connectivity index (χ3n) is 2.38. The van der Waals surface area contributed by atoms with Gasteiger partial charge in [-0.1, -0.05) is 22.9 Å². The molecule has 0 atom stereocenters. The van der Waals surface area contributed by atoms with Gasteiger partial charge in [-0.25, -0.2) is 4.39 Å². The fraction of sp³-hybridized carbons (Fsp3) is 0.364. The highest BCUT2D eigenvalue weighted by atomic mass is 79.9. The van der Waals surface area contributed by atoms with Crippen molar-refractivity contribution in [1.82, 2.24) is 25.5 Å². The van der Waals surface area contributed by atoms with Crippen molar-refractivity contribution in [2.75, 3.05) is 6.54 Å².